The first-order valence-electron chi connectivity index (χ1n) is 8.99. The Bertz CT molecular complexity index is 456. The molecule has 7 nitrogen and oxygen atoms in total. The van der Waals surface area contributed by atoms with E-state index in [4.69, 9.17) is 28.4 Å². The fraction of sp³-hybridized carbons (Fsp3) is 0.632. The zero-order valence-corrected chi connectivity index (χ0v) is 17.2. The van der Waals surface area contributed by atoms with Gasteiger partial charge in [0.2, 0.25) is 0 Å². The van der Waals surface area contributed by atoms with E-state index < -0.39 is 0 Å². The summed E-state index contributed by atoms with van der Waals surface area (Å²) in [5, 5.41) is 0.840. The summed E-state index contributed by atoms with van der Waals surface area (Å²) in [6.45, 7) is 5.98. The third-order valence-corrected chi connectivity index (χ3v) is 3.55. The van der Waals surface area contributed by atoms with Crippen molar-refractivity contribution in [3.63, 3.8) is 0 Å². The molecule has 0 aliphatic rings. The van der Waals surface area contributed by atoms with Gasteiger partial charge in [0, 0.05) is 10.9 Å². The van der Waals surface area contributed by atoms with Crippen molar-refractivity contribution >= 4 is 22.2 Å². The lowest BCUT2D eigenvalue weighted by atomic mass is 10.2. The van der Waals surface area contributed by atoms with E-state index in [0.717, 1.165) is 11.6 Å². The Morgan fingerprint density at radius 3 is 1.44 bits per heavy atom. The van der Waals surface area contributed by atoms with Crippen LogP contribution in [-0.4, -0.2) is 84.3 Å². The van der Waals surface area contributed by atoms with E-state index in [1.54, 1.807) is 24.3 Å². The second kappa shape index (κ2) is 18.3. The monoisotopic (exact) mass is 448 g/mol. The Morgan fingerprint density at radius 2 is 1.04 bits per heavy atom. The number of aldehydes is 1. The summed E-state index contributed by atoms with van der Waals surface area (Å²) in [4.78, 5) is 10.6. The van der Waals surface area contributed by atoms with Gasteiger partial charge in [-0.15, -0.1) is 0 Å². The van der Waals surface area contributed by atoms with Gasteiger partial charge < -0.3 is 28.4 Å². The number of carbonyl (C=O) groups excluding carboxylic acids is 1. The van der Waals surface area contributed by atoms with Gasteiger partial charge in [0.05, 0.1) is 66.1 Å². The zero-order valence-electron chi connectivity index (χ0n) is 15.6. The van der Waals surface area contributed by atoms with Crippen molar-refractivity contribution in [2.45, 2.75) is 0 Å². The highest BCUT2D eigenvalue weighted by atomic mass is 79.9. The van der Waals surface area contributed by atoms with Gasteiger partial charge in [0.15, 0.2) is 0 Å². The Hall–Kier alpha value is -1.03. The van der Waals surface area contributed by atoms with Crippen molar-refractivity contribution in [1.29, 1.82) is 0 Å². The fourth-order valence-electron chi connectivity index (χ4n) is 1.90. The average molecular weight is 449 g/mol. The lowest BCUT2D eigenvalue weighted by Crippen LogP contribution is -2.14. The number of benzene rings is 1. The van der Waals surface area contributed by atoms with Crippen molar-refractivity contribution in [2.75, 3.05) is 78.0 Å². The molecule has 27 heavy (non-hydrogen) atoms. The van der Waals surface area contributed by atoms with E-state index in [-0.39, 0.29) is 0 Å². The molecule has 0 atom stereocenters. The van der Waals surface area contributed by atoms with Crippen molar-refractivity contribution in [1.82, 2.24) is 0 Å². The molecule has 1 aromatic rings. The average Bonchev–Trinajstić information content (AvgIpc) is 2.70. The molecule has 0 aliphatic carbocycles. The molecule has 0 N–H and O–H groups in total. The number of hydrogen-bond acceptors (Lipinski definition) is 7. The van der Waals surface area contributed by atoms with Crippen molar-refractivity contribution in [3.05, 3.63) is 29.8 Å². The van der Waals surface area contributed by atoms with Crippen LogP contribution in [0.1, 0.15) is 10.4 Å². The summed E-state index contributed by atoms with van der Waals surface area (Å²) in [6.07, 6.45) is 0.801. The van der Waals surface area contributed by atoms with Gasteiger partial charge in [-0.2, -0.15) is 0 Å². The first kappa shape index (κ1) is 24.0. The van der Waals surface area contributed by atoms with Gasteiger partial charge >= 0.3 is 0 Å². The standard InChI is InChI=1S/C19H29BrO7/c20-5-6-22-7-8-23-9-10-24-11-12-25-13-14-26-15-16-27-19-3-1-18(17-21)2-4-19/h1-4,17H,5-16H2. The Morgan fingerprint density at radius 1 is 0.630 bits per heavy atom. The van der Waals surface area contributed by atoms with E-state index >= 15 is 0 Å². The Balaban J connectivity index is 1.76. The number of halogens is 1. The highest BCUT2D eigenvalue weighted by Gasteiger charge is 1.96. The summed E-state index contributed by atoms with van der Waals surface area (Å²) in [5.41, 5.74) is 0.628. The van der Waals surface area contributed by atoms with Gasteiger partial charge in [0.25, 0.3) is 0 Å². The smallest absolute Gasteiger partial charge is 0.150 e. The highest BCUT2D eigenvalue weighted by Crippen LogP contribution is 2.10. The summed E-state index contributed by atoms with van der Waals surface area (Å²) < 4.78 is 32.3. The predicted molar refractivity (Wildman–Crippen MR) is 105 cm³/mol. The molecule has 0 amide bonds. The lowest BCUT2D eigenvalue weighted by Gasteiger charge is -2.08. The normalized spacial score (nSPS) is 10.9. The van der Waals surface area contributed by atoms with Crippen LogP contribution in [0, 0.1) is 0 Å². The van der Waals surface area contributed by atoms with Crippen LogP contribution in [0.3, 0.4) is 0 Å². The maximum atomic E-state index is 10.6. The van der Waals surface area contributed by atoms with Crippen LogP contribution < -0.4 is 4.74 Å². The van der Waals surface area contributed by atoms with E-state index in [9.17, 15) is 4.79 Å². The largest absolute Gasteiger partial charge is 0.491 e. The van der Waals surface area contributed by atoms with Crippen LogP contribution in [0.15, 0.2) is 24.3 Å². The van der Waals surface area contributed by atoms with Gasteiger partial charge in [-0.05, 0) is 24.3 Å². The molecule has 0 saturated carbocycles. The van der Waals surface area contributed by atoms with Crippen LogP contribution >= 0.6 is 15.9 Å². The number of rotatable bonds is 19. The lowest BCUT2D eigenvalue weighted by molar-refractivity contribution is -0.0118. The molecule has 0 heterocycles. The highest BCUT2D eigenvalue weighted by molar-refractivity contribution is 9.09. The molecule has 0 unspecified atom stereocenters. The SMILES string of the molecule is O=Cc1ccc(OCCOCCOCCOCCOCCOCCBr)cc1. The molecule has 0 saturated heterocycles. The fourth-order valence-corrected chi connectivity index (χ4v) is 2.13. The van der Waals surface area contributed by atoms with Crippen molar-refractivity contribution in [2.24, 2.45) is 0 Å². The number of ether oxygens (including phenoxy) is 6. The number of carbonyl (C=O) groups is 1. The second-order valence-electron chi connectivity index (χ2n) is 5.29. The minimum atomic E-state index is 0.449. The third kappa shape index (κ3) is 14.7. The van der Waals surface area contributed by atoms with E-state index in [1.807, 2.05) is 0 Å². The quantitative estimate of drug-likeness (QED) is 0.182. The molecule has 0 fully saturated rings. The molecule has 154 valence electrons. The molecule has 1 rings (SSSR count). The molecular formula is C19H29BrO7. The maximum absolute atomic E-state index is 10.6. The second-order valence-corrected chi connectivity index (χ2v) is 6.08. The van der Waals surface area contributed by atoms with Crippen LogP contribution in [0.5, 0.6) is 5.75 Å². The molecule has 0 spiro atoms. The van der Waals surface area contributed by atoms with Gasteiger partial charge in [-0.1, -0.05) is 15.9 Å². The predicted octanol–water partition coefficient (Wildman–Crippen LogP) is 2.36. The molecule has 0 radical (unpaired) electrons. The molecular weight excluding hydrogens is 420 g/mol. The summed E-state index contributed by atoms with van der Waals surface area (Å²) in [6, 6.07) is 6.95. The summed E-state index contributed by atoms with van der Waals surface area (Å²) in [7, 11) is 0. The first-order chi connectivity index (χ1) is 13.4. The minimum absolute atomic E-state index is 0.449. The van der Waals surface area contributed by atoms with Gasteiger partial charge in [0.1, 0.15) is 18.6 Å². The molecule has 0 aliphatic heterocycles. The van der Waals surface area contributed by atoms with Crippen LogP contribution in [0.25, 0.3) is 0 Å². The Kier molecular flexibility index (Phi) is 16.3. The topological polar surface area (TPSA) is 72.5 Å². The molecule has 8 heteroatoms. The van der Waals surface area contributed by atoms with E-state index in [2.05, 4.69) is 15.9 Å². The number of alkyl halides is 1. The van der Waals surface area contributed by atoms with Crippen molar-refractivity contribution in [3.8, 4) is 5.75 Å². The van der Waals surface area contributed by atoms with Gasteiger partial charge in [-0.25, -0.2) is 0 Å². The van der Waals surface area contributed by atoms with Crippen LogP contribution in [0.2, 0.25) is 0 Å². The zero-order chi connectivity index (χ0) is 19.4. The van der Waals surface area contributed by atoms with Gasteiger partial charge in [-0.3, -0.25) is 4.79 Å². The van der Waals surface area contributed by atoms with E-state index in [1.165, 1.54) is 0 Å². The van der Waals surface area contributed by atoms with Crippen LogP contribution in [0.4, 0.5) is 0 Å². The minimum Gasteiger partial charge on any atom is -0.491 e. The molecule has 0 bridgehead atoms. The van der Waals surface area contributed by atoms with E-state index in [0.29, 0.717) is 84.0 Å². The number of hydrogen-bond donors (Lipinski definition) is 0. The Labute approximate surface area is 169 Å². The third-order valence-electron chi connectivity index (χ3n) is 3.22. The molecule has 0 aromatic heterocycles. The first-order valence-corrected chi connectivity index (χ1v) is 10.1. The summed E-state index contributed by atoms with van der Waals surface area (Å²) in [5.74, 6) is 0.716. The van der Waals surface area contributed by atoms with Crippen LogP contribution in [-0.2, 0) is 23.7 Å². The summed E-state index contributed by atoms with van der Waals surface area (Å²) >= 11 is 3.29. The van der Waals surface area contributed by atoms with Crippen molar-refractivity contribution < 1.29 is 33.2 Å². The maximum Gasteiger partial charge on any atom is 0.150 e. The molecule has 1 aromatic carbocycles.